The van der Waals surface area contributed by atoms with E-state index in [2.05, 4.69) is 26.5 Å². The lowest BCUT2D eigenvalue weighted by molar-refractivity contribution is 0.349. The second kappa shape index (κ2) is 9.41. The summed E-state index contributed by atoms with van der Waals surface area (Å²) in [4.78, 5) is 10.4. The highest BCUT2D eigenvalue weighted by molar-refractivity contribution is 5.93. The topological polar surface area (TPSA) is 53.1 Å². The second-order valence-electron chi connectivity index (χ2n) is 7.40. The number of nitrogens with one attached hydrogen (secondary N) is 2. The third kappa shape index (κ3) is 4.99. The van der Waals surface area contributed by atoms with E-state index in [0.717, 1.165) is 16.8 Å². The Hall–Kier alpha value is -4.02. The van der Waals surface area contributed by atoms with Crippen LogP contribution in [0.2, 0.25) is 0 Å². The molecule has 0 atom stereocenters. The Balaban J connectivity index is 1.54. The van der Waals surface area contributed by atoms with Crippen molar-refractivity contribution in [3.05, 3.63) is 89.8 Å². The van der Waals surface area contributed by atoms with Crippen LogP contribution in [-0.2, 0) is 6.54 Å². The number of halogens is 2. The minimum atomic E-state index is -0.421. The van der Waals surface area contributed by atoms with Crippen molar-refractivity contribution in [1.29, 1.82) is 0 Å². The molecule has 4 rings (SSSR count). The summed E-state index contributed by atoms with van der Waals surface area (Å²) in [5, 5.41) is 6.99. The van der Waals surface area contributed by atoms with Gasteiger partial charge in [-0.1, -0.05) is 24.1 Å². The summed E-state index contributed by atoms with van der Waals surface area (Å²) >= 11 is 0. The molecule has 2 N–H and O–H groups in total. The summed E-state index contributed by atoms with van der Waals surface area (Å²) in [7, 11) is 1.87. The van der Waals surface area contributed by atoms with Gasteiger partial charge in [-0.25, -0.2) is 18.7 Å². The SMILES string of the molecule is C#Cc1cccc(Nc2ncnc3cc(F)c(NCN(C)Cc4cccc(F)c4)cc23)c1. The number of hydrogen-bond acceptors (Lipinski definition) is 5. The molecule has 0 unspecified atom stereocenters. The molecule has 5 nitrogen and oxygen atoms in total. The minimum absolute atomic E-state index is 0.280. The smallest absolute Gasteiger partial charge is 0.148 e. The van der Waals surface area contributed by atoms with Crippen molar-refractivity contribution in [2.45, 2.75) is 6.54 Å². The number of fused-ring (bicyclic) bond motifs is 1. The fourth-order valence-corrected chi connectivity index (χ4v) is 3.36. The number of benzene rings is 3. The van der Waals surface area contributed by atoms with Gasteiger partial charge in [0, 0.05) is 29.2 Å². The van der Waals surface area contributed by atoms with Crippen LogP contribution in [0.5, 0.6) is 0 Å². The summed E-state index contributed by atoms with van der Waals surface area (Å²) in [6.07, 6.45) is 6.86. The van der Waals surface area contributed by atoms with Crippen LogP contribution in [0.3, 0.4) is 0 Å². The highest BCUT2D eigenvalue weighted by Gasteiger charge is 2.11. The molecule has 4 aromatic rings. The molecule has 0 saturated carbocycles. The fourth-order valence-electron chi connectivity index (χ4n) is 3.36. The predicted molar refractivity (Wildman–Crippen MR) is 124 cm³/mol. The molecule has 0 aliphatic heterocycles. The summed E-state index contributed by atoms with van der Waals surface area (Å²) in [6, 6.07) is 16.8. The van der Waals surface area contributed by atoms with E-state index in [1.54, 1.807) is 12.1 Å². The van der Waals surface area contributed by atoms with Crippen LogP contribution in [-0.4, -0.2) is 28.6 Å². The fraction of sp³-hybridized carbons (Fsp3) is 0.120. The molecule has 0 bridgehead atoms. The van der Waals surface area contributed by atoms with Gasteiger partial charge in [0.1, 0.15) is 23.8 Å². The van der Waals surface area contributed by atoms with Crippen molar-refractivity contribution in [1.82, 2.24) is 14.9 Å². The van der Waals surface area contributed by atoms with Crippen LogP contribution in [0.1, 0.15) is 11.1 Å². The van der Waals surface area contributed by atoms with Gasteiger partial charge in [-0.15, -0.1) is 6.42 Å². The van der Waals surface area contributed by atoms with Gasteiger partial charge in [0.2, 0.25) is 0 Å². The Labute approximate surface area is 185 Å². The highest BCUT2D eigenvalue weighted by atomic mass is 19.1. The molecule has 3 aromatic carbocycles. The molecule has 0 radical (unpaired) electrons. The van der Waals surface area contributed by atoms with Gasteiger partial charge < -0.3 is 10.6 Å². The Morgan fingerprint density at radius 2 is 1.88 bits per heavy atom. The number of anilines is 3. The molecule has 1 heterocycles. The summed E-state index contributed by atoms with van der Waals surface area (Å²) in [5.74, 6) is 2.44. The molecule has 160 valence electrons. The normalized spacial score (nSPS) is 10.8. The average Bonchev–Trinajstić information content (AvgIpc) is 2.78. The first-order chi connectivity index (χ1) is 15.5. The zero-order valence-electron chi connectivity index (χ0n) is 17.4. The zero-order chi connectivity index (χ0) is 22.5. The molecule has 7 heteroatoms. The first-order valence-electron chi connectivity index (χ1n) is 9.96. The van der Waals surface area contributed by atoms with Crippen LogP contribution >= 0.6 is 0 Å². The lowest BCUT2D eigenvalue weighted by Crippen LogP contribution is -2.25. The third-order valence-electron chi connectivity index (χ3n) is 4.90. The summed E-state index contributed by atoms with van der Waals surface area (Å²) in [6.45, 7) is 0.876. The second-order valence-corrected chi connectivity index (χ2v) is 7.40. The lowest BCUT2D eigenvalue weighted by atomic mass is 10.1. The van der Waals surface area contributed by atoms with Gasteiger partial charge in [0.05, 0.1) is 17.9 Å². The molecule has 0 amide bonds. The standard InChI is InChI=1S/C25H21F2N5/c1-3-17-6-5-9-20(11-17)31-25-21-12-24(22(27)13-23(21)28-15-29-25)30-16-32(2)14-18-7-4-8-19(26)10-18/h1,4-13,15,30H,14,16H2,2H3,(H,28,29,31). The third-order valence-corrected chi connectivity index (χ3v) is 4.90. The average molecular weight is 429 g/mol. The van der Waals surface area contributed by atoms with E-state index in [0.29, 0.717) is 35.6 Å². The van der Waals surface area contributed by atoms with E-state index in [1.165, 1.54) is 24.5 Å². The molecular formula is C25H21F2N5. The molecule has 0 aliphatic rings. The van der Waals surface area contributed by atoms with Crippen LogP contribution in [0.15, 0.2) is 67.0 Å². The molecule has 0 aliphatic carbocycles. The molecule has 0 fully saturated rings. The van der Waals surface area contributed by atoms with Gasteiger partial charge in [-0.3, -0.25) is 4.90 Å². The van der Waals surface area contributed by atoms with Gasteiger partial charge in [0.15, 0.2) is 0 Å². The highest BCUT2D eigenvalue weighted by Crippen LogP contribution is 2.28. The maximum atomic E-state index is 14.7. The van der Waals surface area contributed by atoms with E-state index in [1.807, 2.05) is 42.3 Å². The van der Waals surface area contributed by atoms with Crippen molar-refractivity contribution >= 4 is 28.1 Å². The van der Waals surface area contributed by atoms with E-state index in [9.17, 15) is 8.78 Å². The molecule has 0 saturated heterocycles. The maximum absolute atomic E-state index is 14.7. The van der Waals surface area contributed by atoms with Crippen LogP contribution in [0, 0.1) is 24.0 Å². The van der Waals surface area contributed by atoms with Crippen molar-refractivity contribution in [3.8, 4) is 12.3 Å². The first-order valence-corrected chi connectivity index (χ1v) is 9.96. The number of rotatable bonds is 7. The van der Waals surface area contributed by atoms with E-state index in [-0.39, 0.29) is 5.82 Å². The Morgan fingerprint density at radius 3 is 2.69 bits per heavy atom. The molecule has 0 spiro atoms. The van der Waals surface area contributed by atoms with Crippen LogP contribution in [0.25, 0.3) is 10.9 Å². The number of aromatic nitrogens is 2. The van der Waals surface area contributed by atoms with Gasteiger partial charge >= 0.3 is 0 Å². The Morgan fingerprint density at radius 1 is 1.03 bits per heavy atom. The number of hydrogen-bond donors (Lipinski definition) is 2. The van der Waals surface area contributed by atoms with Crippen molar-refractivity contribution in [3.63, 3.8) is 0 Å². The van der Waals surface area contributed by atoms with E-state index < -0.39 is 5.82 Å². The zero-order valence-corrected chi connectivity index (χ0v) is 17.4. The van der Waals surface area contributed by atoms with Gasteiger partial charge in [-0.2, -0.15) is 0 Å². The van der Waals surface area contributed by atoms with Crippen LogP contribution < -0.4 is 10.6 Å². The molecular weight excluding hydrogens is 408 g/mol. The quantitative estimate of drug-likeness (QED) is 0.315. The van der Waals surface area contributed by atoms with Gasteiger partial charge in [0.25, 0.3) is 0 Å². The summed E-state index contributed by atoms with van der Waals surface area (Å²) in [5.41, 5.74) is 3.14. The largest absolute Gasteiger partial charge is 0.370 e. The van der Waals surface area contributed by atoms with Crippen molar-refractivity contribution in [2.75, 3.05) is 24.3 Å². The molecule has 32 heavy (non-hydrogen) atoms. The lowest BCUT2D eigenvalue weighted by Gasteiger charge is -2.19. The van der Waals surface area contributed by atoms with Gasteiger partial charge in [-0.05, 0) is 49.0 Å². The van der Waals surface area contributed by atoms with E-state index in [4.69, 9.17) is 6.42 Å². The Bertz CT molecular complexity index is 1300. The number of nitrogens with zero attached hydrogens (tertiary/aromatic N) is 3. The Kier molecular flexibility index (Phi) is 6.24. The maximum Gasteiger partial charge on any atom is 0.148 e. The van der Waals surface area contributed by atoms with Crippen molar-refractivity contribution in [2.24, 2.45) is 0 Å². The summed E-state index contributed by atoms with van der Waals surface area (Å²) < 4.78 is 28.1. The van der Waals surface area contributed by atoms with Crippen LogP contribution in [0.4, 0.5) is 26.0 Å². The van der Waals surface area contributed by atoms with E-state index >= 15 is 0 Å². The first kappa shape index (κ1) is 21.2. The number of terminal acetylenes is 1. The molecule has 1 aromatic heterocycles. The predicted octanol–water partition coefficient (Wildman–Crippen LogP) is 5.13. The minimum Gasteiger partial charge on any atom is -0.370 e. The van der Waals surface area contributed by atoms with Crippen molar-refractivity contribution < 1.29 is 8.78 Å². The monoisotopic (exact) mass is 429 g/mol.